The van der Waals surface area contributed by atoms with Crippen LogP contribution in [0.2, 0.25) is 5.02 Å². The molecule has 0 N–H and O–H groups in total. The van der Waals surface area contributed by atoms with Crippen molar-refractivity contribution >= 4 is 27.5 Å². The van der Waals surface area contributed by atoms with E-state index in [1.807, 2.05) is 24.3 Å². The molecule has 0 fully saturated rings. The third-order valence-electron chi connectivity index (χ3n) is 2.21. The van der Waals surface area contributed by atoms with E-state index in [4.69, 9.17) is 16.3 Å². The first-order valence-corrected chi connectivity index (χ1v) is 6.71. The third kappa shape index (κ3) is 4.13. The van der Waals surface area contributed by atoms with Crippen LogP contribution in [0, 0.1) is 0 Å². The average Bonchev–Trinajstić information content (AvgIpc) is 2.26. The van der Waals surface area contributed by atoms with E-state index < -0.39 is 0 Å². The topological polar surface area (TPSA) is 9.23 Å². The standard InChI is InChI=1S/C12H16BrClO/c1-2-3-8-15-12(9-13)10-6-4-5-7-11(10)14/h4-7,12H,2-3,8-9H2,1H3. The highest BCUT2D eigenvalue weighted by Gasteiger charge is 2.12. The number of unbranched alkanes of at least 4 members (excludes halogenated alkanes) is 1. The summed E-state index contributed by atoms with van der Waals surface area (Å²) in [5.74, 6) is 0. The lowest BCUT2D eigenvalue weighted by Crippen LogP contribution is -2.07. The van der Waals surface area contributed by atoms with E-state index in [-0.39, 0.29) is 6.10 Å². The number of ether oxygens (including phenoxy) is 1. The second kappa shape index (κ2) is 7.26. The molecule has 1 aromatic rings. The van der Waals surface area contributed by atoms with Crippen LogP contribution in [0.5, 0.6) is 0 Å². The first-order chi connectivity index (χ1) is 7.29. The molecule has 0 aromatic heterocycles. The molecule has 3 heteroatoms. The molecule has 0 heterocycles. The van der Waals surface area contributed by atoms with Crippen LogP contribution >= 0.6 is 27.5 Å². The minimum Gasteiger partial charge on any atom is -0.373 e. The quantitative estimate of drug-likeness (QED) is 0.550. The maximum absolute atomic E-state index is 6.11. The molecule has 1 aromatic carbocycles. The van der Waals surface area contributed by atoms with Crippen molar-refractivity contribution in [3.05, 3.63) is 34.9 Å². The number of benzene rings is 1. The van der Waals surface area contributed by atoms with Crippen molar-refractivity contribution in [3.8, 4) is 0 Å². The maximum Gasteiger partial charge on any atom is 0.0935 e. The molecule has 1 unspecified atom stereocenters. The Labute approximate surface area is 105 Å². The molecule has 1 atom stereocenters. The lowest BCUT2D eigenvalue weighted by molar-refractivity contribution is 0.0678. The average molecular weight is 292 g/mol. The Morgan fingerprint density at radius 2 is 2.13 bits per heavy atom. The van der Waals surface area contributed by atoms with Gasteiger partial charge in [-0.3, -0.25) is 0 Å². The summed E-state index contributed by atoms with van der Waals surface area (Å²) >= 11 is 9.56. The maximum atomic E-state index is 6.11. The molecule has 0 bridgehead atoms. The lowest BCUT2D eigenvalue weighted by Gasteiger charge is -2.16. The van der Waals surface area contributed by atoms with Crippen LogP contribution in [0.15, 0.2) is 24.3 Å². The van der Waals surface area contributed by atoms with Crippen molar-refractivity contribution in [1.82, 2.24) is 0 Å². The minimum absolute atomic E-state index is 0.0604. The van der Waals surface area contributed by atoms with Crippen molar-refractivity contribution in [1.29, 1.82) is 0 Å². The molecule has 0 aliphatic rings. The Morgan fingerprint density at radius 3 is 2.73 bits per heavy atom. The van der Waals surface area contributed by atoms with Gasteiger partial charge in [0.1, 0.15) is 0 Å². The van der Waals surface area contributed by atoms with Gasteiger partial charge in [-0.2, -0.15) is 0 Å². The molecule has 84 valence electrons. The highest BCUT2D eigenvalue weighted by molar-refractivity contribution is 9.09. The van der Waals surface area contributed by atoms with Gasteiger partial charge in [-0.15, -0.1) is 0 Å². The van der Waals surface area contributed by atoms with Crippen molar-refractivity contribution in [2.45, 2.75) is 25.9 Å². The van der Waals surface area contributed by atoms with Crippen LogP contribution in [0.4, 0.5) is 0 Å². The number of halogens is 2. The van der Waals surface area contributed by atoms with E-state index in [0.29, 0.717) is 0 Å². The van der Waals surface area contributed by atoms with Crippen molar-refractivity contribution in [3.63, 3.8) is 0 Å². The summed E-state index contributed by atoms with van der Waals surface area (Å²) < 4.78 is 5.77. The Balaban J connectivity index is 2.61. The monoisotopic (exact) mass is 290 g/mol. The normalized spacial score (nSPS) is 12.7. The van der Waals surface area contributed by atoms with Crippen LogP contribution in [0.25, 0.3) is 0 Å². The lowest BCUT2D eigenvalue weighted by atomic mass is 10.1. The van der Waals surface area contributed by atoms with E-state index >= 15 is 0 Å². The minimum atomic E-state index is 0.0604. The highest BCUT2D eigenvalue weighted by Crippen LogP contribution is 2.26. The smallest absolute Gasteiger partial charge is 0.0935 e. The van der Waals surface area contributed by atoms with Gasteiger partial charge in [-0.25, -0.2) is 0 Å². The zero-order valence-corrected chi connectivity index (χ0v) is 11.2. The van der Waals surface area contributed by atoms with Gasteiger partial charge in [-0.05, 0) is 12.5 Å². The molecule has 0 amide bonds. The van der Waals surface area contributed by atoms with Crippen LogP contribution in [-0.2, 0) is 4.74 Å². The first kappa shape index (κ1) is 13.0. The van der Waals surface area contributed by atoms with Crippen molar-refractivity contribution < 1.29 is 4.74 Å². The SMILES string of the molecule is CCCCOC(CBr)c1ccccc1Cl. The zero-order valence-electron chi connectivity index (χ0n) is 8.88. The Kier molecular flexibility index (Phi) is 6.30. The Hall–Kier alpha value is -0.0500. The van der Waals surface area contributed by atoms with Gasteiger partial charge in [0.2, 0.25) is 0 Å². The highest BCUT2D eigenvalue weighted by atomic mass is 79.9. The first-order valence-electron chi connectivity index (χ1n) is 5.21. The fourth-order valence-corrected chi connectivity index (χ4v) is 2.12. The molecule has 0 radical (unpaired) electrons. The Morgan fingerprint density at radius 1 is 1.40 bits per heavy atom. The summed E-state index contributed by atoms with van der Waals surface area (Å²) in [7, 11) is 0. The third-order valence-corrected chi connectivity index (χ3v) is 3.14. The molecule has 0 aliphatic heterocycles. The summed E-state index contributed by atoms with van der Waals surface area (Å²) in [5, 5.41) is 1.55. The van der Waals surface area contributed by atoms with Gasteiger partial charge >= 0.3 is 0 Å². The molecule has 1 nitrogen and oxygen atoms in total. The molecule has 0 saturated heterocycles. The molecule has 0 aliphatic carbocycles. The van der Waals surface area contributed by atoms with Crippen LogP contribution in [-0.4, -0.2) is 11.9 Å². The second-order valence-electron chi connectivity index (χ2n) is 3.39. The summed E-state index contributed by atoms with van der Waals surface area (Å²) in [4.78, 5) is 0. The van der Waals surface area contributed by atoms with Gasteiger partial charge in [-0.1, -0.05) is 59.1 Å². The number of rotatable bonds is 6. The van der Waals surface area contributed by atoms with E-state index in [2.05, 4.69) is 22.9 Å². The predicted molar refractivity (Wildman–Crippen MR) is 68.8 cm³/mol. The molecule has 0 saturated carbocycles. The summed E-state index contributed by atoms with van der Waals surface area (Å²) in [6.45, 7) is 2.94. The fourth-order valence-electron chi connectivity index (χ4n) is 1.32. The van der Waals surface area contributed by atoms with Gasteiger partial charge < -0.3 is 4.74 Å². The molecular weight excluding hydrogens is 275 g/mol. The summed E-state index contributed by atoms with van der Waals surface area (Å²) in [5.41, 5.74) is 1.06. The molecular formula is C12H16BrClO. The van der Waals surface area contributed by atoms with Crippen molar-refractivity contribution in [2.75, 3.05) is 11.9 Å². The largest absolute Gasteiger partial charge is 0.373 e. The molecule has 15 heavy (non-hydrogen) atoms. The molecule has 0 spiro atoms. The summed E-state index contributed by atoms with van der Waals surface area (Å²) in [6.07, 6.45) is 2.30. The predicted octanol–water partition coefficient (Wildman–Crippen LogP) is 4.59. The van der Waals surface area contributed by atoms with Gasteiger partial charge in [0.05, 0.1) is 6.10 Å². The van der Waals surface area contributed by atoms with Crippen LogP contribution in [0.1, 0.15) is 31.4 Å². The van der Waals surface area contributed by atoms with Gasteiger partial charge in [0.15, 0.2) is 0 Å². The van der Waals surface area contributed by atoms with Gasteiger partial charge in [0, 0.05) is 22.5 Å². The van der Waals surface area contributed by atoms with Crippen LogP contribution in [0.3, 0.4) is 0 Å². The summed E-state index contributed by atoms with van der Waals surface area (Å²) in [6, 6.07) is 7.83. The van der Waals surface area contributed by atoms with E-state index in [1.54, 1.807) is 0 Å². The fraction of sp³-hybridized carbons (Fsp3) is 0.500. The van der Waals surface area contributed by atoms with Gasteiger partial charge in [0.25, 0.3) is 0 Å². The van der Waals surface area contributed by atoms with Crippen LogP contribution < -0.4 is 0 Å². The molecule has 1 rings (SSSR count). The second-order valence-corrected chi connectivity index (χ2v) is 4.44. The number of hydrogen-bond acceptors (Lipinski definition) is 1. The zero-order chi connectivity index (χ0) is 11.1. The van der Waals surface area contributed by atoms with E-state index in [1.165, 1.54) is 0 Å². The van der Waals surface area contributed by atoms with E-state index in [9.17, 15) is 0 Å². The number of alkyl halides is 1. The number of hydrogen-bond donors (Lipinski definition) is 0. The van der Waals surface area contributed by atoms with Crippen molar-refractivity contribution in [2.24, 2.45) is 0 Å². The van der Waals surface area contributed by atoms with E-state index in [0.717, 1.165) is 35.4 Å². The Bertz CT molecular complexity index is 291.